The Kier molecular flexibility index (Phi) is 3.96. The highest BCUT2D eigenvalue weighted by molar-refractivity contribution is 7.13. The molecule has 6 heteroatoms. The van der Waals surface area contributed by atoms with Crippen LogP contribution in [0, 0.1) is 0 Å². The van der Waals surface area contributed by atoms with Gasteiger partial charge in [0.25, 0.3) is 5.19 Å². The molecular formula is C11H10ClNO3S. The number of rotatable bonds is 4. The molecule has 0 aliphatic carbocycles. The summed E-state index contributed by atoms with van der Waals surface area (Å²) < 4.78 is 5.48. The van der Waals surface area contributed by atoms with E-state index in [9.17, 15) is 0 Å². The number of aromatic nitrogens is 1. The Morgan fingerprint density at radius 2 is 2.12 bits per heavy atom. The van der Waals surface area contributed by atoms with E-state index >= 15 is 0 Å². The van der Waals surface area contributed by atoms with Gasteiger partial charge in [-0.25, -0.2) is 0 Å². The highest BCUT2D eigenvalue weighted by Gasteiger charge is 2.10. The summed E-state index contributed by atoms with van der Waals surface area (Å²) in [6.45, 7) is -0.200. The molecule has 90 valence electrons. The smallest absolute Gasteiger partial charge is 0.280 e. The first-order chi connectivity index (χ1) is 8.22. The first-order valence-corrected chi connectivity index (χ1v) is 6.06. The van der Waals surface area contributed by atoms with Crippen LogP contribution in [-0.2, 0) is 13.2 Å². The van der Waals surface area contributed by atoms with Crippen LogP contribution in [-0.4, -0.2) is 15.2 Å². The lowest BCUT2D eigenvalue weighted by atomic mass is 10.2. The lowest BCUT2D eigenvalue weighted by Gasteiger charge is -2.02. The van der Waals surface area contributed by atoms with Crippen molar-refractivity contribution in [3.05, 3.63) is 39.9 Å². The minimum absolute atomic E-state index is 0.0439. The molecule has 1 heterocycles. The highest BCUT2D eigenvalue weighted by Crippen LogP contribution is 2.32. The Morgan fingerprint density at radius 3 is 2.76 bits per heavy atom. The zero-order valence-corrected chi connectivity index (χ0v) is 10.3. The Balaban J connectivity index is 2.18. The lowest BCUT2D eigenvalue weighted by Crippen LogP contribution is -1.86. The first kappa shape index (κ1) is 12.3. The van der Waals surface area contributed by atoms with Crippen LogP contribution in [0.2, 0.25) is 5.15 Å². The second kappa shape index (κ2) is 5.46. The van der Waals surface area contributed by atoms with E-state index in [-0.39, 0.29) is 18.4 Å². The molecule has 0 bridgehead atoms. The minimum Gasteiger partial charge on any atom is -0.431 e. The number of benzene rings is 1. The Bertz CT molecular complexity index is 515. The maximum Gasteiger partial charge on any atom is 0.280 e. The molecule has 1 aromatic heterocycles. The van der Waals surface area contributed by atoms with Crippen LogP contribution < -0.4 is 4.74 Å². The molecule has 0 saturated carbocycles. The third-order valence-electron chi connectivity index (χ3n) is 2.06. The molecule has 0 unspecified atom stereocenters. The predicted octanol–water partition coefficient (Wildman–Crippen LogP) is 2.57. The zero-order valence-electron chi connectivity index (χ0n) is 8.76. The van der Waals surface area contributed by atoms with Crippen molar-refractivity contribution in [1.29, 1.82) is 0 Å². The topological polar surface area (TPSA) is 62.6 Å². The number of aliphatic hydroxyl groups is 2. The standard InChI is InChI=1S/C11H10ClNO3S/c12-10-9(6-15)17-11(13-10)16-8-3-1-2-7(4-8)5-14/h1-4,14-15H,5-6H2. The molecular weight excluding hydrogens is 262 g/mol. The number of hydrogen-bond donors (Lipinski definition) is 2. The fourth-order valence-electron chi connectivity index (χ4n) is 1.26. The van der Waals surface area contributed by atoms with Crippen molar-refractivity contribution in [2.45, 2.75) is 13.2 Å². The second-order valence-electron chi connectivity index (χ2n) is 3.26. The minimum atomic E-state index is -0.156. The maximum absolute atomic E-state index is 8.99. The van der Waals surface area contributed by atoms with Crippen molar-refractivity contribution in [2.75, 3.05) is 0 Å². The number of nitrogens with zero attached hydrogens (tertiary/aromatic N) is 1. The molecule has 0 atom stereocenters. The van der Waals surface area contributed by atoms with E-state index in [4.69, 9.17) is 26.6 Å². The van der Waals surface area contributed by atoms with Gasteiger partial charge in [-0.15, -0.1) is 0 Å². The third kappa shape index (κ3) is 2.95. The molecule has 0 spiro atoms. The summed E-state index contributed by atoms with van der Waals surface area (Å²) in [5, 5.41) is 18.6. The predicted molar refractivity (Wildman–Crippen MR) is 65.5 cm³/mol. The normalized spacial score (nSPS) is 10.5. The SMILES string of the molecule is OCc1cccc(Oc2nc(Cl)c(CO)s2)c1. The van der Waals surface area contributed by atoms with Gasteiger partial charge in [0.1, 0.15) is 10.9 Å². The second-order valence-corrected chi connectivity index (χ2v) is 4.66. The van der Waals surface area contributed by atoms with Crippen molar-refractivity contribution in [2.24, 2.45) is 0 Å². The van der Waals surface area contributed by atoms with Crippen molar-refractivity contribution >= 4 is 22.9 Å². The molecule has 0 amide bonds. The summed E-state index contributed by atoms with van der Waals surface area (Å²) in [6, 6.07) is 7.05. The molecule has 17 heavy (non-hydrogen) atoms. The van der Waals surface area contributed by atoms with Crippen molar-refractivity contribution in [3.63, 3.8) is 0 Å². The van der Waals surface area contributed by atoms with Gasteiger partial charge in [-0.2, -0.15) is 4.98 Å². The Labute approximate surface area is 107 Å². The van der Waals surface area contributed by atoms with Crippen LogP contribution in [0.3, 0.4) is 0 Å². The van der Waals surface area contributed by atoms with Gasteiger partial charge in [0, 0.05) is 0 Å². The van der Waals surface area contributed by atoms with Crippen molar-refractivity contribution in [3.8, 4) is 10.9 Å². The summed E-state index contributed by atoms with van der Waals surface area (Å²) in [7, 11) is 0. The van der Waals surface area contributed by atoms with Crippen LogP contribution in [0.5, 0.6) is 10.9 Å². The fraction of sp³-hybridized carbons (Fsp3) is 0.182. The molecule has 2 N–H and O–H groups in total. The van der Waals surface area contributed by atoms with Gasteiger partial charge < -0.3 is 14.9 Å². The average molecular weight is 272 g/mol. The van der Waals surface area contributed by atoms with Gasteiger partial charge in [0.05, 0.1) is 18.1 Å². The third-order valence-corrected chi connectivity index (χ3v) is 3.40. The number of ether oxygens (including phenoxy) is 1. The van der Waals surface area contributed by atoms with Gasteiger partial charge in [0.15, 0.2) is 0 Å². The molecule has 1 aromatic carbocycles. The summed E-state index contributed by atoms with van der Waals surface area (Å²) in [5.41, 5.74) is 0.757. The zero-order chi connectivity index (χ0) is 12.3. The Hall–Kier alpha value is -1.14. The van der Waals surface area contributed by atoms with E-state index in [0.29, 0.717) is 15.8 Å². The molecule has 2 rings (SSSR count). The van der Waals surface area contributed by atoms with Crippen LogP contribution in [0.4, 0.5) is 0 Å². The quantitative estimate of drug-likeness (QED) is 0.897. The number of halogens is 1. The molecule has 4 nitrogen and oxygen atoms in total. The van der Waals surface area contributed by atoms with E-state index in [2.05, 4.69) is 4.98 Å². The van der Waals surface area contributed by atoms with Crippen molar-refractivity contribution < 1.29 is 14.9 Å². The average Bonchev–Trinajstić information content (AvgIpc) is 2.69. The highest BCUT2D eigenvalue weighted by atomic mass is 35.5. The molecule has 2 aromatic rings. The summed E-state index contributed by atoms with van der Waals surface area (Å²) in [4.78, 5) is 4.54. The van der Waals surface area contributed by atoms with E-state index in [0.717, 1.165) is 5.56 Å². The van der Waals surface area contributed by atoms with Crippen LogP contribution in [0.1, 0.15) is 10.4 Å². The van der Waals surface area contributed by atoms with Gasteiger partial charge in [-0.3, -0.25) is 0 Å². The largest absolute Gasteiger partial charge is 0.431 e. The van der Waals surface area contributed by atoms with Crippen LogP contribution in [0.25, 0.3) is 0 Å². The summed E-state index contributed by atoms with van der Waals surface area (Å²) in [5.74, 6) is 0.575. The number of thiazole rings is 1. The van der Waals surface area contributed by atoms with E-state index < -0.39 is 0 Å². The maximum atomic E-state index is 8.99. The van der Waals surface area contributed by atoms with E-state index in [1.807, 2.05) is 0 Å². The number of hydrogen-bond acceptors (Lipinski definition) is 5. The monoisotopic (exact) mass is 271 g/mol. The van der Waals surface area contributed by atoms with Gasteiger partial charge in [0.2, 0.25) is 0 Å². The van der Waals surface area contributed by atoms with Gasteiger partial charge >= 0.3 is 0 Å². The van der Waals surface area contributed by atoms with Crippen LogP contribution >= 0.6 is 22.9 Å². The van der Waals surface area contributed by atoms with Crippen LogP contribution in [0.15, 0.2) is 24.3 Å². The molecule has 0 aliphatic rings. The summed E-state index contributed by atoms with van der Waals surface area (Å²) >= 11 is 6.98. The van der Waals surface area contributed by atoms with Crippen molar-refractivity contribution in [1.82, 2.24) is 4.98 Å². The van der Waals surface area contributed by atoms with E-state index in [1.54, 1.807) is 24.3 Å². The fourth-order valence-corrected chi connectivity index (χ4v) is 2.24. The molecule has 0 fully saturated rings. The van der Waals surface area contributed by atoms with E-state index in [1.165, 1.54) is 11.3 Å². The van der Waals surface area contributed by atoms with Gasteiger partial charge in [-0.1, -0.05) is 35.1 Å². The number of aliphatic hydroxyl groups excluding tert-OH is 2. The lowest BCUT2D eigenvalue weighted by molar-refractivity contribution is 0.281. The first-order valence-electron chi connectivity index (χ1n) is 4.86. The van der Waals surface area contributed by atoms with Gasteiger partial charge in [-0.05, 0) is 17.7 Å². The molecule has 0 aliphatic heterocycles. The molecule has 0 saturated heterocycles. The Morgan fingerprint density at radius 1 is 1.29 bits per heavy atom. The summed E-state index contributed by atoms with van der Waals surface area (Å²) in [6.07, 6.45) is 0. The molecule has 0 radical (unpaired) electrons.